The number of carbonyl (C=O) groups is 2. The summed E-state index contributed by atoms with van der Waals surface area (Å²) in [6.45, 7) is 15.9. The normalized spacial score (nSPS) is 41.9. The van der Waals surface area contributed by atoms with E-state index in [2.05, 4.69) is 20.4 Å². The molecule has 182 valence electrons. The molecule has 1 saturated carbocycles. The first-order valence-electron chi connectivity index (χ1n) is 12.3. The van der Waals surface area contributed by atoms with Crippen molar-refractivity contribution in [2.75, 3.05) is 0 Å². The molecule has 3 aliphatic rings. The first kappa shape index (κ1) is 25.2. The van der Waals surface area contributed by atoms with E-state index in [-0.39, 0.29) is 30.0 Å². The van der Waals surface area contributed by atoms with E-state index in [9.17, 15) is 14.7 Å². The molecule has 2 saturated heterocycles. The predicted octanol–water partition coefficient (Wildman–Crippen LogP) is 4.58. The van der Waals surface area contributed by atoms with Gasteiger partial charge in [0.15, 0.2) is 0 Å². The third-order valence-electron chi connectivity index (χ3n) is 8.03. The molecule has 0 aromatic heterocycles. The molecule has 2 bridgehead atoms. The highest BCUT2D eigenvalue weighted by Crippen LogP contribution is 2.56. The Hall–Kier alpha value is -1.40. The molecule has 3 fully saturated rings. The maximum absolute atomic E-state index is 12.7. The van der Waals surface area contributed by atoms with E-state index in [1.54, 1.807) is 6.92 Å². The van der Waals surface area contributed by atoms with Gasteiger partial charge in [0.2, 0.25) is 0 Å². The Morgan fingerprint density at radius 2 is 1.97 bits per heavy atom. The number of ether oxygens (including phenoxy) is 3. The second-order valence-electron chi connectivity index (χ2n) is 11.0. The van der Waals surface area contributed by atoms with Crippen molar-refractivity contribution >= 4 is 11.9 Å². The lowest BCUT2D eigenvalue weighted by atomic mass is 9.60. The predicted molar refractivity (Wildman–Crippen MR) is 122 cm³/mol. The van der Waals surface area contributed by atoms with Crippen molar-refractivity contribution < 1.29 is 28.9 Å². The van der Waals surface area contributed by atoms with Crippen LogP contribution in [0.2, 0.25) is 0 Å². The van der Waals surface area contributed by atoms with E-state index in [1.165, 1.54) is 6.92 Å². The summed E-state index contributed by atoms with van der Waals surface area (Å²) >= 11 is 0. The Morgan fingerprint density at radius 3 is 2.56 bits per heavy atom. The van der Waals surface area contributed by atoms with Crippen LogP contribution in [0.5, 0.6) is 0 Å². The summed E-state index contributed by atoms with van der Waals surface area (Å²) < 4.78 is 18.4. The zero-order valence-corrected chi connectivity index (χ0v) is 20.7. The highest BCUT2D eigenvalue weighted by molar-refractivity contribution is 5.70. The maximum Gasteiger partial charge on any atom is 0.306 e. The molecule has 0 aromatic rings. The fourth-order valence-electron chi connectivity index (χ4n) is 6.46. The number of fused-ring (bicyclic) bond motifs is 5. The summed E-state index contributed by atoms with van der Waals surface area (Å²) in [7, 11) is 0. The Balaban J connectivity index is 2.06. The first-order valence-corrected chi connectivity index (χ1v) is 12.3. The molecule has 0 unspecified atom stereocenters. The molecule has 8 atom stereocenters. The summed E-state index contributed by atoms with van der Waals surface area (Å²) in [5.74, 6) is 0.510. The van der Waals surface area contributed by atoms with Crippen LogP contribution in [0.4, 0.5) is 0 Å². The van der Waals surface area contributed by atoms with Gasteiger partial charge in [-0.05, 0) is 57.8 Å². The summed E-state index contributed by atoms with van der Waals surface area (Å²) in [6.07, 6.45) is 3.04. The fraction of sp³-hybridized carbons (Fsp3) is 0.846. The van der Waals surface area contributed by atoms with Gasteiger partial charge in [-0.15, -0.1) is 0 Å². The molecule has 32 heavy (non-hydrogen) atoms. The number of hydrogen-bond donors (Lipinski definition) is 1. The summed E-state index contributed by atoms with van der Waals surface area (Å²) in [6, 6.07) is 0. The van der Waals surface area contributed by atoms with E-state index in [0.29, 0.717) is 43.9 Å². The van der Waals surface area contributed by atoms with Crippen molar-refractivity contribution in [2.24, 2.45) is 23.7 Å². The minimum atomic E-state index is -1.25. The van der Waals surface area contributed by atoms with Gasteiger partial charge in [0.05, 0.1) is 6.10 Å². The van der Waals surface area contributed by atoms with E-state index in [4.69, 9.17) is 14.2 Å². The smallest absolute Gasteiger partial charge is 0.306 e. The minimum Gasteiger partial charge on any atom is -0.460 e. The lowest BCUT2D eigenvalue weighted by molar-refractivity contribution is -0.182. The average Bonchev–Trinajstić information content (AvgIpc) is 3.05. The molecule has 6 nitrogen and oxygen atoms in total. The molecule has 2 aliphatic heterocycles. The van der Waals surface area contributed by atoms with E-state index in [1.807, 2.05) is 13.8 Å². The van der Waals surface area contributed by atoms with Crippen molar-refractivity contribution in [3.05, 3.63) is 12.2 Å². The van der Waals surface area contributed by atoms with Crippen LogP contribution in [0.1, 0.15) is 86.5 Å². The monoisotopic (exact) mass is 450 g/mol. The fourth-order valence-corrected chi connectivity index (χ4v) is 6.46. The largest absolute Gasteiger partial charge is 0.460 e. The van der Waals surface area contributed by atoms with Gasteiger partial charge < -0.3 is 19.3 Å². The van der Waals surface area contributed by atoms with E-state index < -0.39 is 23.3 Å². The van der Waals surface area contributed by atoms with Crippen LogP contribution in [0, 0.1) is 23.7 Å². The van der Waals surface area contributed by atoms with Crippen molar-refractivity contribution in [1.82, 2.24) is 0 Å². The lowest BCUT2D eigenvalue weighted by Crippen LogP contribution is -2.52. The number of carbonyl (C=O) groups excluding carboxylic acids is 2. The average molecular weight is 451 g/mol. The topological polar surface area (TPSA) is 82.1 Å². The van der Waals surface area contributed by atoms with Gasteiger partial charge in [-0.25, -0.2) is 0 Å². The molecule has 0 radical (unpaired) electrons. The molecule has 1 N–H and O–H groups in total. The second kappa shape index (κ2) is 9.46. The second-order valence-corrected chi connectivity index (χ2v) is 11.0. The summed E-state index contributed by atoms with van der Waals surface area (Å²) in [4.78, 5) is 24.5. The van der Waals surface area contributed by atoms with Crippen LogP contribution in [0.25, 0.3) is 0 Å². The maximum atomic E-state index is 12.7. The van der Waals surface area contributed by atoms with Gasteiger partial charge in [-0.1, -0.05) is 32.9 Å². The van der Waals surface area contributed by atoms with Crippen LogP contribution < -0.4 is 0 Å². The lowest BCUT2D eigenvalue weighted by Gasteiger charge is -2.46. The third-order valence-corrected chi connectivity index (χ3v) is 8.03. The molecule has 6 heteroatoms. The molecule has 0 spiro atoms. The minimum absolute atomic E-state index is 0.0907. The van der Waals surface area contributed by atoms with Crippen LogP contribution in [-0.4, -0.2) is 46.6 Å². The van der Waals surface area contributed by atoms with Crippen LogP contribution in [0.15, 0.2) is 12.2 Å². The zero-order valence-electron chi connectivity index (χ0n) is 20.7. The van der Waals surface area contributed by atoms with E-state index in [0.717, 1.165) is 18.4 Å². The van der Waals surface area contributed by atoms with Crippen LogP contribution in [-0.2, 0) is 23.8 Å². The van der Waals surface area contributed by atoms with Crippen molar-refractivity contribution in [1.29, 1.82) is 0 Å². The quantitative estimate of drug-likeness (QED) is 0.488. The van der Waals surface area contributed by atoms with Gasteiger partial charge >= 0.3 is 11.9 Å². The SMILES string of the molecule is C=C1CC[C@H](C(C)C)[C@@H]2[C@H]1[C@H]1C[C@@](C)(O)[C@@H](OC(C)=O)CC[C@@](C)(OC(=O)CCC)[C@@H]2O1. The van der Waals surface area contributed by atoms with Gasteiger partial charge in [-0.2, -0.15) is 0 Å². The van der Waals surface area contributed by atoms with Gasteiger partial charge in [-0.3, -0.25) is 9.59 Å². The highest BCUT2D eigenvalue weighted by atomic mass is 16.6. The molecule has 0 aromatic carbocycles. The summed E-state index contributed by atoms with van der Waals surface area (Å²) in [5, 5.41) is 11.4. The molecular weight excluding hydrogens is 408 g/mol. The number of hydrogen-bond acceptors (Lipinski definition) is 6. The number of aliphatic hydroxyl groups is 1. The molecule has 0 amide bonds. The van der Waals surface area contributed by atoms with E-state index >= 15 is 0 Å². The van der Waals surface area contributed by atoms with Crippen LogP contribution in [0.3, 0.4) is 0 Å². The molecule has 2 heterocycles. The van der Waals surface area contributed by atoms with Gasteiger partial charge in [0.1, 0.15) is 23.4 Å². The number of rotatable bonds is 5. The number of esters is 2. The van der Waals surface area contributed by atoms with Gasteiger partial charge in [0.25, 0.3) is 0 Å². The standard InChI is InChI=1S/C26H42O6/c1-8-9-21(28)32-26(7)13-12-20(30-17(5)27)25(6,29)14-19-22-16(4)10-11-18(15(2)3)23(22)24(26)31-19/h15,18-20,22-24,29H,4,8-14H2,1-3,5-7H3/t18-,19-,20+,22-,23-,24-,25-,26-/m1/s1. The highest BCUT2D eigenvalue weighted by Gasteiger charge is 2.60. The Labute approximate surface area is 193 Å². The Kier molecular flexibility index (Phi) is 7.45. The van der Waals surface area contributed by atoms with Crippen molar-refractivity contribution in [3.63, 3.8) is 0 Å². The zero-order chi connectivity index (χ0) is 23.8. The molecule has 1 aliphatic carbocycles. The third kappa shape index (κ3) is 4.91. The van der Waals surface area contributed by atoms with Crippen molar-refractivity contribution in [2.45, 2.75) is 116 Å². The Morgan fingerprint density at radius 1 is 1.28 bits per heavy atom. The Bertz CT molecular complexity index is 728. The summed E-state index contributed by atoms with van der Waals surface area (Å²) in [5.41, 5.74) is -0.963. The molecule has 3 rings (SSSR count). The van der Waals surface area contributed by atoms with Crippen LogP contribution >= 0.6 is 0 Å². The van der Waals surface area contributed by atoms with Crippen molar-refractivity contribution in [3.8, 4) is 0 Å². The molecular formula is C26H42O6. The van der Waals surface area contributed by atoms with Gasteiger partial charge in [0, 0.05) is 31.6 Å². The first-order chi connectivity index (χ1) is 14.9.